The molecule has 110 valence electrons. The lowest BCUT2D eigenvalue weighted by Crippen LogP contribution is -2.52. The Labute approximate surface area is 119 Å². The van der Waals surface area contributed by atoms with E-state index in [4.69, 9.17) is 0 Å². The molecule has 0 spiro atoms. The smallest absolute Gasteiger partial charge is 0.304 e. The molecule has 0 radical (unpaired) electrons. The molecule has 0 bridgehead atoms. The minimum atomic E-state index is -3.68. The number of para-hydroxylation sites is 2. The van der Waals surface area contributed by atoms with Crippen LogP contribution >= 0.6 is 0 Å². The van der Waals surface area contributed by atoms with Crippen LogP contribution in [0.4, 0.5) is 11.4 Å². The summed E-state index contributed by atoms with van der Waals surface area (Å²) in [5.41, 5.74) is 1.17. The number of fused-ring (bicyclic) bond motifs is 1. The van der Waals surface area contributed by atoms with Crippen LogP contribution in [0.2, 0.25) is 0 Å². The van der Waals surface area contributed by atoms with Gasteiger partial charge in [0.1, 0.15) is 6.54 Å². The first-order chi connectivity index (χ1) is 9.26. The number of hydrogen-bond acceptors (Lipinski definition) is 3. The number of anilines is 2. The Morgan fingerprint density at radius 2 is 1.70 bits per heavy atom. The quantitative estimate of drug-likeness (QED) is 0.838. The van der Waals surface area contributed by atoms with E-state index in [1.165, 1.54) is 14.1 Å². The van der Waals surface area contributed by atoms with Gasteiger partial charge in [0, 0.05) is 20.1 Å². The molecular weight excluding hydrogens is 278 g/mol. The summed E-state index contributed by atoms with van der Waals surface area (Å²) >= 11 is 0. The molecule has 0 fully saturated rings. The van der Waals surface area contributed by atoms with Gasteiger partial charge in [-0.2, -0.15) is 12.7 Å². The van der Waals surface area contributed by atoms with Crippen molar-refractivity contribution in [2.45, 2.75) is 19.9 Å². The number of nitrogens with zero attached hydrogens (tertiary/aromatic N) is 3. The summed E-state index contributed by atoms with van der Waals surface area (Å²) in [5, 5.41) is 0. The summed E-state index contributed by atoms with van der Waals surface area (Å²) in [6, 6.07) is 7.04. The SMILES string of the molecule is CC(C)N1C(=O)CN(S(=O)(=O)N(C)C)c2ccccc21. The first-order valence-corrected chi connectivity index (χ1v) is 7.77. The maximum atomic E-state index is 12.4. The Hall–Kier alpha value is -1.60. The van der Waals surface area contributed by atoms with Gasteiger partial charge in [0.05, 0.1) is 11.4 Å². The highest BCUT2D eigenvalue weighted by atomic mass is 32.2. The van der Waals surface area contributed by atoms with E-state index in [-0.39, 0.29) is 18.5 Å². The zero-order valence-electron chi connectivity index (χ0n) is 12.1. The third-order valence-electron chi connectivity index (χ3n) is 3.21. The van der Waals surface area contributed by atoms with Gasteiger partial charge in [-0.05, 0) is 26.0 Å². The first-order valence-electron chi connectivity index (χ1n) is 6.38. The molecule has 1 aromatic rings. The molecule has 7 heteroatoms. The molecule has 0 atom stereocenters. The maximum absolute atomic E-state index is 12.4. The summed E-state index contributed by atoms with van der Waals surface area (Å²) in [6.45, 7) is 3.64. The second-order valence-corrected chi connectivity index (χ2v) is 7.21. The third-order valence-corrected chi connectivity index (χ3v) is 5.02. The molecule has 6 nitrogen and oxygen atoms in total. The molecule has 20 heavy (non-hydrogen) atoms. The van der Waals surface area contributed by atoms with E-state index in [0.717, 1.165) is 8.61 Å². The molecular formula is C13H19N3O3S. The van der Waals surface area contributed by atoms with Crippen molar-refractivity contribution in [3.05, 3.63) is 24.3 Å². The average Bonchev–Trinajstić information content (AvgIpc) is 2.36. The number of carbonyl (C=O) groups excluding carboxylic acids is 1. The largest absolute Gasteiger partial charge is 0.306 e. The topological polar surface area (TPSA) is 60.9 Å². The summed E-state index contributed by atoms with van der Waals surface area (Å²) < 4.78 is 27.0. The minimum absolute atomic E-state index is 0.0205. The molecule has 2 rings (SSSR count). The molecule has 1 amide bonds. The van der Waals surface area contributed by atoms with E-state index in [0.29, 0.717) is 11.4 Å². The molecule has 1 aliphatic rings. The Bertz CT molecular complexity index is 626. The van der Waals surface area contributed by atoms with Crippen LogP contribution in [-0.2, 0) is 15.0 Å². The highest BCUT2D eigenvalue weighted by molar-refractivity contribution is 7.90. The molecule has 1 aliphatic heterocycles. The van der Waals surface area contributed by atoms with Crippen molar-refractivity contribution in [2.75, 3.05) is 29.8 Å². The van der Waals surface area contributed by atoms with E-state index >= 15 is 0 Å². The van der Waals surface area contributed by atoms with Crippen molar-refractivity contribution in [1.82, 2.24) is 4.31 Å². The van der Waals surface area contributed by atoms with Crippen molar-refractivity contribution < 1.29 is 13.2 Å². The van der Waals surface area contributed by atoms with E-state index in [1.807, 2.05) is 13.8 Å². The van der Waals surface area contributed by atoms with Crippen molar-refractivity contribution in [3.63, 3.8) is 0 Å². The van der Waals surface area contributed by atoms with E-state index in [9.17, 15) is 13.2 Å². The van der Waals surface area contributed by atoms with Gasteiger partial charge in [-0.25, -0.2) is 4.31 Å². The van der Waals surface area contributed by atoms with E-state index in [1.54, 1.807) is 29.2 Å². The average molecular weight is 297 g/mol. The van der Waals surface area contributed by atoms with Gasteiger partial charge in [-0.1, -0.05) is 12.1 Å². The molecule has 0 aliphatic carbocycles. The molecule has 1 heterocycles. The lowest BCUT2D eigenvalue weighted by atomic mass is 10.1. The molecule has 0 unspecified atom stereocenters. The summed E-state index contributed by atoms with van der Waals surface area (Å²) in [4.78, 5) is 13.9. The van der Waals surface area contributed by atoms with Crippen molar-refractivity contribution in [1.29, 1.82) is 0 Å². The zero-order chi connectivity index (χ0) is 15.1. The number of amides is 1. The molecule has 1 aromatic carbocycles. The van der Waals surface area contributed by atoms with Crippen molar-refractivity contribution in [2.24, 2.45) is 0 Å². The Morgan fingerprint density at radius 3 is 2.20 bits per heavy atom. The highest BCUT2D eigenvalue weighted by Crippen LogP contribution is 2.36. The monoisotopic (exact) mass is 297 g/mol. The number of benzene rings is 1. The third kappa shape index (κ3) is 2.27. The maximum Gasteiger partial charge on any atom is 0.304 e. The second-order valence-electron chi connectivity index (χ2n) is 5.14. The van der Waals surface area contributed by atoms with Gasteiger partial charge in [0.25, 0.3) is 0 Å². The summed E-state index contributed by atoms with van der Waals surface area (Å²) in [6.07, 6.45) is 0. The lowest BCUT2D eigenvalue weighted by Gasteiger charge is -2.39. The van der Waals surface area contributed by atoms with Crippen LogP contribution in [-0.4, -0.2) is 45.3 Å². The predicted octanol–water partition coefficient (Wildman–Crippen LogP) is 1.05. The van der Waals surface area contributed by atoms with Gasteiger partial charge in [-0.3, -0.25) is 4.79 Å². The minimum Gasteiger partial charge on any atom is -0.306 e. The van der Waals surface area contributed by atoms with Gasteiger partial charge in [0.15, 0.2) is 0 Å². The van der Waals surface area contributed by atoms with Gasteiger partial charge in [-0.15, -0.1) is 0 Å². The molecule has 0 saturated heterocycles. The van der Waals surface area contributed by atoms with Gasteiger partial charge in [0.2, 0.25) is 5.91 Å². The van der Waals surface area contributed by atoms with Crippen LogP contribution in [0, 0.1) is 0 Å². The second kappa shape index (κ2) is 5.06. The molecule has 0 N–H and O–H groups in total. The van der Waals surface area contributed by atoms with E-state index < -0.39 is 10.2 Å². The Morgan fingerprint density at radius 1 is 1.15 bits per heavy atom. The van der Waals surface area contributed by atoms with Crippen molar-refractivity contribution >= 4 is 27.5 Å². The van der Waals surface area contributed by atoms with Crippen LogP contribution in [0.1, 0.15) is 13.8 Å². The van der Waals surface area contributed by atoms with Crippen LogP contribution in [0.15, 0.2) is 24.3 Å². The van der Waals surface area contributed by atoms with Gasteiger partial charge >= 0.3 is 10.2 Å². The van der Waals surface area contributed by atoms with Crippen LogP contribution < -0.4 is 9.21 Å². The summed E-state index contributed by atoms with van der Waals surface area (Å²) in [7, 11) is -0.765. The van der Waals surface area contributed by atoms with Crippen molar-refractivity contribution in [3.8, 4) is 0 Å². The Balaban J connectivity index is 2.60. The lowest BCUT2D eigenvalue weighted by molar-refractivity contribution is -0.117. The number of rotatable bonds is 3. The fraction of sp³-hybridized carbons (Fsp3) is 0.462. The van der Waals surface area contributed by atoms with Crippen LogP contribution in [0.25, 0.3) is 0 Å². The fourth-order valence-electron chi connectivity index (χ4n) is 2.27. The fourth-order valence-corrected chi connectivity index (χ4v) is 3.34. The normalized spacial score (nSPS) is 16.0. The number of hydrogen-bond donors (Lipinski definition) is 0. The molecule has 0 aromatic heterocycles. The first kappa shape index (κ1) is 14.8. The van der Waals surface area contributed by atoms with Gasteiger partial charge < -0.3 is 4.90 Å². The van der Waals surface area contributed by atoms with Crippen LogP contribution in [0.5, 0.6) is 0 Å². The standard InChI is InChI=1S/C13H19N3O3S/c1-10(2)16-12-8-6-5-7-11(12)15(9-13(16)17)20(18,19)14(3)4/h5-8,10H,9H2,1-4H3. The van der Waals surface area contributed by atoms with E-state index in [2.05, 4.69) is 0 Å². The number of carbonyl (C=O) groups is 1. The highest BCUT2D eigenvalue weighted by Gasteiger charge is 2.37. The molecule has 0 saturated carbocycles. The summed E-state index contributed by atoms with van der Waals surface area (Å²) in [5.74, 6) is -0.218. The Kier molecular flexibility index (Phi) is 3.75. The predicted molar refractivity (Wildman–Crippen MR) is 79.0 cm³/mol. The zero-order valence-corrected chi connectivity index (χ0v) is 12.9. The van der Waals surface area contributed by atoms with Crippen LogP contribution in [0.3, 0.4) is 0 Å².